The molecule has 0 unspecified atom stereocenters. The molecule has 1 amide bonds. The van der Waals surface area contributed by atoms with Gasteiger partial charge in [-0.3, -0.25) is 14.7 Å². The van der Waals surface area contributed by atoms with E-state index in [1.807, 2.05) is 18.2 Å². The molecule has 2 heterocycles. The van der Waals surface area contributed by atoms with Crippen LogP contribution in [-0.2, 0) is 14.9 Å². The monoisotopic (exact) mass is 369 g/mol. The summed E-state index contributed by atoms with van der Waals surface area (Å²) >= 11 is 0. The molecule has 1 aromatic carbocycles. The Labute approximate surface area is 158 Å². The SMILES string of the molecule is O=C(NC[C@H](c1ccccn1)N1CCOCC1)C1(c2ccc(F)cc2)CC1. The molecule has 1 aromatic heterocycles. The second-order valence-corrected chi connectivity index (χ2v) is 7.22. The maximum atomic E-state index is 13.2. The number of nitrogens with zero attached hydrogens (tertiary/aromatic N) is 2. The predicted molar refractivity (Wildman–Crippen MR) is 99.7 cm³/mol. The number of morpholine rings is 1. The molecule has 0 spiro atoms. The number of pyridine rings is 1. The Morgan fingerprint density at radius 3 is 2.56 bits per heavy atom. The molecule has 2 aromatic rings. The van der Waals surface area contributed by atoms with E-state index in [4.69, 9.17) is 4.74 Å². The maximum Gasteiger partial charge on any atom is 0.230 e. The molecule has 6 heteroatoms. The van der Waals surface area contributed by atoms with Crippen LogP contribution in [0.2, 0.25) is 0 Å². The number of carbonyl (C=O) groups is 1. The van der Waals surface area contributed by atoms with Gasteiger partial charge in [-0.15, -0.1) is 0 Å². The second kappa shape index (κ2) is 7.74. The van der Waals surface area contributed by atoms with Crippen LogP contribution in [0.15, 0.2) is 48.7 Å². The standard InChI is InChI=1S/C21H24FN3O2/c22-17-6-4-16(5-7-17)21(8-9-21)20(26)24-15-19(18-3-1-2-10-23-18)25-11-13-27-14-12-25/h1-7,10,19H,8-9,11-15H2,(H,24,26)/t19-/m1/s1. The molecule has 0 radical (unpaired) electrons. The summed E-state index contributed by atoms with van der Waals surface area (Å²) < 4.78 is 18.7. The number of carbonyl (C=O) groups excluding carboxylic acids is 1. The van der Waals surface area contributed by atoms with Gasteiger partial charge in [-0.1, -0.05) is 18.2 Å². The molecular formula is C21H24FN3O2. The third-order valence-corrected chi connectivity index (χ3v) is 5.55. The minimum Gasteiger partial charge on any atom is -0.379 e. The normalized spacial score (nSPS) is 20.0. The molecule has 27 heavy (non-hydrogen) atoms. The van der Waals surface area contributed by atoms with Crippen LogP contribution in [0.1, 0.15) is 30.1 Å². The van der Waals surface area contributed by atoms with E-state index in [1.54, 1.807) is 18.3 Å². The van der Waals surface area contributed by atoms with Crippen LogP contribution in [0.25, 0.3) is 0 Å². The van der Waals surface area contributed by atoms with Crippen molar-refractivity contribution in [2.75, 3.05) is 32.8 Å². The van der Waals surface area contributed by atoms with Crippen molar-refractivity contribution >= 4 is 5.91 Å². The van der Waals surface area contributed by atoms with Crippen molar-refractivity contribution in [3.63, 3.8) is 0 Å². The quantitative estimate of drug-likeness (QED) is 0.850. The number of aromatic nitrogens is 1. The van der Waals surface area contributed by atoms with Gasteiger partial charge in [0.15, 0.2) is 0 Å². The topological polar surface area (TPSA) is 54.5 Å². The van der Waals surface area contributed by atoms with Gasteiger partial charge >= 0.3 is 0 Å². The van der Waals surface area contributed by atoms with Crippen LogP contribution in [0.5, 0.6) is 0 Å². The van der Waals surface area contributed by atoms with Crippen LogP contribution in [0.4, 0.5) is 4.39 Å². The zero-order valence-electron chi connectivity index (χ0n) is 15.2. The molecule has 2 aliphatic rings. The zero-order valence-corrected chi connectivity index (χ0v) is 15.2. The first kappa shape index (κ1) is 18.1. The van der Waals surface area contributed by atoms with E-state index in [2.05, 4.69) is 15.2 Å². The van der Waals surface area contributed by atoms with Crippen molar-refractivity contribution in [2.45, 2.75) is 24.3 Å². The smallest absolute Gasteiger partial charge is 0.230 e. The Bertz CT molecular complexity index is 772. The largest absolute Gasteiger partial charge is 0.379 e. The average molecular weight is 369 g/mol. The first-order chi connectivity index (χ1) is 13.2. The Hall–Kier alpha value is -2.31. The molecule has 1 N–H and O–H groups in total. The zero-order chi connectivity index (χ0) is 18.7. The van der Waals surface area contributed by atoms with Crippen molar-refractivity contribution in [1.29, 1.82) is 0 Å². The summed E-state index contributed by atoms with van der Waals surface area (Å²) in [4.78, 5) is 19.8. The number of benzene rings is 1. The molecule has 1 aliphatic heterocycles. The van der Waals surface area contributed by atoms with E-state index < -0.39 is 5.41 Å². The van der Waals surface area contributed by atoms with E-state index in [-0.39, 0.29) is 17.8 Å². The Morgan fingerprint density at radius 1 is 1.19 bits per heavy atom. The number of ether oxygens (including phenoxy) is 1. The molecular weight excluding hydrogens is 345 g/mol. The molecule has 2 fully saturated rings. The van der Waals surface area contributed by atoms with Crippen LogP contribution in [-0.4, -0.2) is 48.6 Å². The highest BCUT2D eigenvalue weighted by molar-refractivity contribution is 5.91. The van der Waals surface area contributed by atoms with Crippen LogP contribution in [0, 0.1) is 5.82 Å². The summed E-state index contributed by atoms with van der Waals surface area (Å²) in [6, 6.07) is 12.2. The van der Waals surface area contributed by atoms with Crippen molar-refractivity contribution < 1.29 is 13.9 Å². The molecule has 4 rings (SSSR count). The highest BCUT2D eigenvalue weighted by atomic mass is 19.1. The Kier molecular flexibility index (Phi) is 5.18. The molecule has 0 bridgehead atoms. The number of amides is 1. The van der Waals surface area contributed by atoms with Gasteiger partial charge in [0.1, 0.15) is 5.82 Å². The van der Waals surface area contributed by atoms with E-state index in [9.17, 15) is 9.18 Å². The predicted octanol–water partition coefficient (Wildman–Crippen LogP) is 2.44. The lowest BCUT2D eigenvalue weighted by molar-refractivity contribution is -0.124. The molecule has 1 saturated carbocycles. The van der Waals surface area contributed by atoms with Gasteiger partial charge in [0, 0.05) is 25.8 Å². The van der Waals surface area contributed by atoms with Crippen LogP contribution >= 0.6 is 0 Å². The number of rotatable bonds is 6. The molecule has 142 valence electrons. The van der Waals surface area contributed by atoms with E-state index in [0.29, 0.717) is 19.8 Å². The van der Waals surface area contributed by atoms with Gasteiger partial charge in [-0.05, 0) is 42.7 Å². The summed E-state index contributed by atoms with van der Waals surface area (Å²) in [5, 5.41) is 3.14. The van der Waals surface area contributed by atoms with Crippen molar-refractivity contribution in [2.24, 2.45) is 0 Å². The minimum atomic E-state index is -0.507. The fourth-order valence-corrected chi connectivity index (χ4v) is 3.78. The first-order valence-electron chi connectivity index (χ1n) is 9.46. The lowest BCUT2D eigenvalue weighted by Crippen LogP contribution is -2.45. The number of hydrogen-bond donors (Lipinski definition) is 1. The summed E-state index contributed by atoms with van der Waals surface area (Å²) in [6.07, 6.45) is 3.39. The van der Waals surface area contributed by atoms with E-state index >= 15 is 0 Å². The maximum absolute atomic E-state index is 13.2. The summed E-state index contributed by atoms with van der Waals surface area (Å²) in [7, 11) is 0. The van der Waals surface area contributed by atoms with Gasteiger partial charge in [0.2, 0.25) is 5.91 Å². The average Bonchev–Trinajstić information content (AvgIpc) is 3.52. The summed E-state index contributed by atoms with van der Waals surface area (Å²) in [5.41, 5.74) is 1.33. The second-order valence-electron chi connectivity index (χ2n) is 7.22. The fraction of sp³-hybridized carbons (Fsp3) is 0.429. The van der Waals surface area contributed by atoms with Crippen molar-refractivity contribution in [3.8, 4) is 0 Å². The van der Waals surface area contributed by atoms with Gasteiger partial charge in [-0.25, -0.2) is 4.39 Å². The highest BCUT2D eigenvalue weighted by Crippen LogP contribution is 2.48. The molecule has 5 nitrogen and oxygen atoms in total. The third kappa shape index (κ3) is 3.87. The number of nitrogens with one attached hydrogen (secondary N) is 1. The minimum absolute atomic E-state index is 0.0167. The third-order valence-electron chi connectivity index (χ3n) is 5.55. The number of hydrogen-bond acceptors (Lipinski definition) is 4. The van der Waals surface area contributed by atoms with Crippen LogP contribution < -0.4 is 5.32 Å². The molecule has 1 aliphatic carbocycles. The molecule has 1 atom stereocenters. The summed E-state index contributed by atoms with van der Waals surface area (Å²) in [6.45, 7) is 3.52. The van der Waals surface area contributed by atoms with Gasteiger partial charge in [-0.2, -0.15) is 0 Å². The lowest BCUT2D eigenvalue weighted by Gasteiger charge is -2.34. The van der Waals surface area contributed by atoms with Gasteiger partial charge in [0.05, 0.1) is 30.4 Å². The Morgan fingerprint density at radius 2 is 1.93 bits per heavy atom. The Balaban J connectivity index is 1.47. The summed E-state index contributed by atoms with van der Waals surface area (Å²) in [5.74, 6) is -0.263. The fourth-order valence-electron chi connectivity index (χ4n) is 3.78. The van der Waals surface area contributed by atoms with Crippen molar-refractivity contribution in [1.82, 2.24) is 15.2 Å². The van der Waals surface area contributed by atoms with Crippen molar-refractivity contribution in [3.05, 3.63) is 65.7 Å². The highest BCUT2D eigenvalue weighted by Gasteiger charge is 2.51. The number of halogens is 1. The lowest BCUT2D eigenvalue weighted by atomic mass is 9.95. The van der Waals surface area contributed by atoms with E-state index in [1.165, 1.54) is 12.1 Å². The first-order valence-corrected chi connectivity index (χ1v) is 9.46. The molecule has 1 saturated heterocycles. The van der Waals surface area contributed by atoms with Gasteiger partial charge < -0.3 is 10.1 Å². The van der Waals surface area contributed by atoms with Crippen LogP contribution in [0.3, 0.4) is 0 Å². The van der Waals surface area contributed by atoms with E-state index in [0.717, 1.165) is 37.2 Å². The van der Waals surface area contributed by atoms with Gasteiger partial charge in [0.25, 0.3) is 0 Å².